The fraction of sp³-hybridized carbons (Fsp3) is 0.500. The standard InChI is InChI=1S/C12H16O4/c1-13-10-6-8-4-5-16-12(15-3)9(8)7-11(10)14-2/h6-7,12H,4-5H2,1-3H3. The predicted octanol–water partition coefficient (Wildman–Crippen LogP) is 1.92. The van der Waals surface area contributed by atoms with Gasteiger partial charge in [-0.05, 0) is 24.1 Å². The summed E-state index contributed by atoms with van der Waals surface area (Å²) in [4.78, 5) is 0. The molecule has 1 aromatic rings. The number of benzene rings is 1. The normalized spacial score (nSPS) is 19.1. The molecule has 1 aliphatic heterocycles. The van der Waals surface area contributed by atoms with Gasteiger partial charge in [-0.15, -0.1) is 0 Å². The van der Waals surface area contributed by atoms with E-state index in [-0.39, 0.29) is 6.29 Å². The molecule has 2 rings (SSSR count). The SMILES string of the molecule is COc1cc2c(cc1OC)C(OC)OCC2. The lowest BCUT2D eigenvalue weighted by atomic mass is 10.0. The number of methoxy groups -OCH3 is 3. The van der Waals surface area contributed by atoms with E-state index in [0.717, 1.165) is 17.7 Å². The molecular weight excluding hydrogens is 208 g/mol. The first-order valence-electron chi connectivity index (χ1n) is 5.19. The highest BCUT2D eigenvalue weighted by Crippen LogP contribution is 2.36. The number of hydrogen-bond donors (Lipinski definition) is 0. The van der Waals surface area contributed by atoms with Gasteiger partial charge in [0.25, 0.3) is 0 Å². The van der Waals surface area contributed by atoms with Crippen molar-refractivity contribution in [2.24, 2.45) is 0 Å². The van der Waals surface area contributed by atoms with Crippen LogP contribution in [0.3, 0.4) is 0 Å². The van der Waals surface area contributed by atoms with Crippen molar-refractivity contribution in [1.29, 1.82) is 0 Å². The summed E-state index contributed by atoms with van der Waals surface area (Å²) in [7, 11) is 4.89. The molecule has 4 nitrogen and oxygen atoms in total. The molecule has 1 unspecified atom stereocenters. The van der Waals surface area contributed by atoms with Crippen LogP contribution in [0.2, 0.25) is 0 Å². The molecule has 0 radical (unpaired) electrons. The summed E-state index contributed by atoms with van der Waals surface area (Å²) >= 11 is 0. The third-order valence-corrected chi connectivity index (χ3v) is 2.75. The molecule has 0 aliphatic carbocycles. The summed E-state index contributed by atoms with van der Waals surface area (Å²) in [5, 5.41) is 0. The summed E-state index contributed by atoms with van der Waals surface area (Å²) in [6.45, 7) is 0.668. The molecule has 0 fully saturated rings. The topological polar surface area (TPSA) is 36.9 Å². The largest absolute Gasteiger partial charge is 0.493 e. The van der Waals surface area contributed by atoms with Crippen LogP contribution in [0.1, 0.15) is 17.4 Å². The molecule has 1 atom stereocenters. The van der Waals surface area contributed by atoms with Gasteiger partial charge in [0.15, 0.2) is 17.8 Å². The summed E-state index contributed by atoms with van der Waals surface area (Å²) in [6.07, 6.45) is 0.568. The van der Waals surface area contributed by atoms with Crippen LogP contribution in [0.5, 0.6) is 11.5 Å². The predicted molar refractivity (Wildman–Crippen MR) is 59.0 cm³/mol. The Kier molecular flexibility index (Phi) is 3.31. The molecule has 4 heteroatoms. The zero-order valence-electron chi connectivity index (χ0n) is 9.78. The third-order valence-electron chi connectivity index (χ3n) is 2.75. The number of fused-ring (bicyclic) bond motifs is 1. The first-order chi connectivity index (χ1) is 7.80. The van der Waals surface area contributed by atoms with Gasteiger partial charge in [-0.3, -0.25) is 0 Å². The maximum Gasteiger partial charge on any atom is 0.183 e. The van der Waals surface area contributed by atoms with E-state index in [1.54, 1.807) is 21.3 Å². The Morgan fingerprint density at radius 2 is 1.81 bits per heavy atom. The van der Waals surface area contributed by atoms with Crippen molar-refractivity contribution in [3.05, 3.63) is 23.3 Å². The van der Waals surface area contributed by atoms with Crippen LogP contribution in [0.25, 0.3) is 0 Å². The van der Waals surface area contributed by atoms with E-state index in [1.165, 1.54) is 5.56 Å². The maximum absolute atomic E-state index is 5.51. The minimum absolute atomic E-state index is 0.302. The number of hydrogen-bond acceptors (Lipinski definition) is 4. The average Bonchev–Trinajstić information content (AvgIpc) is 2.36. The first-order valence-corrected chi connectivity index (χ1v) is 5.19. The average molecular weight is 224 g/mol. The molecule has 0 amide bonds. The van der Waals surface area contributed by atoms with Crippen molar-refractivity contribution >= 4 is 0 Å². The van der Waals surface area contributed by atoms with E-state index in [4.69, 9.17) is 18.9 Å². The van der Waals surface area contributed by atoms with Crippen LogP contribution >= 0.6 is 0 Å². The van der Waals surface area contributed by atoms with Gasteiger partial charge in [0.1, 0.15) is 0 Å². The van der Waals surface area contributed by atoms with Crippen molar-refractivity contribution < 1.29 is 18.9 Å². The maximum atomic E-state index is 5.51. The summed E-state index contributed by atoms with van der Waals surface area (Å²) in [5.41, 5.74) is 2.21. The smallest absolute Gasteiger partial charge is 0.183 e. The monoisotopic (exact) mass is 224 g/mol. The molecule has 0 saturated heterocycles. The Morgan fingerprint density at radius 3 is 2.44 bits per heavy atom. The number of ether oxygens (including phenoxy) is 4. The lowest BCUT2D eigenvalue weighted by Gasteiger charge is -2.25. The highest BCUT2D eigenvalue weighted by atomic mass is 16.7. The van der Waals surface area contributed by atoms with Crippen LogP contribution in [0.4, 0.5) is 0 Å². The minimum atomic E-state index is -0.302. The zero-order chi connectivity index (χ0) is 11.5. The van der Waals surface area contributed by atoms with Gasteiger partial charge in [0, 0.05) is 12.7 Å². The van der Waals surface area contributed by atoms with Crippen LogP contribution in [0.15, 0.2) is 12.1 Å². The second-order valence-electron chi connectivity index (χ2n) is 3.59. The van der Waals surface area contributed by atoms with Gasteiger partial charge >= 0.3 is 0 Å². The van der Waals surface area contributed by atoms with Gasteiger partial charge < -0.3 is 18.9 Å². The fourth-order valence-electron chi connectivity index (χ4n) is 1.93. The summed E-state index contributed by atoms with van der Waals surface area (Å²) in [5.74, 6) is 1.45. The van der Waals surface area contributed by atoms with Crippen LogP contribution < -0.4 is 9.47 Å². The van der Waals surface area contributed by atoms with E-state index in [1.807, 2.05) is 12.1 Å². The quantitative estimate of drug-likeness (QED) is 0.786. The van der Waals surface area contributed by atoms with E-state index >= 15 is 0 Å². The minimum Gasteiger partial charge on any atom is -0.493 e. The van der Waals surface area contributed by atoms with Crippen LogP contribution in [-0.4, -0.2) is 27.9 Å². The van der Waals surface area contributed by atoms with Gasteiger partial charge in [-0.2, -0.15) is 0 Å². The Bertz CT molecular complexity index is 376. The molecule has 1 aromatic carbocycles. The fourth-order valence-corrected chi connectivity index (χ4v) is 1.93. The van der Waals surface area contributed by atoms with Gasteiger partial charge in [-0.1, -0.05) is 0 Å². The molecule has 0 N–H and O–H groups in total. The lowest BCUT2D eigenvalue weighted by molar-refractivity contribution is -0.134. The molecule has 16 heavy (non-hydrogen) atoms. The van der Waals surface area contributed by atoms with E-state index < -0.39 is 0 Å². The number of rotatable bonds is 3. The highest BCUT2D eigenvalue weighted by molar-refractivity contribution is 5.48. The summed E-state index contributed by atoms with van der Waals surface area (Å²) < 4.78 is 21.3. The molecule has 0 spiro atoms. The molecule has 0 aromatic heterocycles. The van der Waals surface area contributed by atoms with Gasteiger partial charge in [0.05, 0.1) is 20.8 Å². The second-order valence-corrected chi connectivity index (χ2v) is 3.59. The van der Waals surface area contributed by atoms with Crippen molar-refractivity contribution in [2.45, 2.75) is 12.7 Å². The molecule has 1 heterocycles. The molecule has 0 bridgehead atoms. The highest BCUT2D eigenvalue weighted by Gasteiger charge is 2.23. The van der Waals surface area contributed by atoms with Crippen molar-refractivity contribution in [2.75, 3.05) is 27.9 Å². The van der Waals surface area contributed by atoms with E-state index in [0.29, 0.717) is 12.4 Å². The molecule has 0 saturated carbocycles. The van der Waals surface area contributed by atoms with Crippen molar-refractivity contribution in [3.8, 4) is 11.5 Å². The van der Waals surface area contributed by atoms with E-state index in [9.17, 15) is 0 Å². The molecule has 88 valence electrons. The Balaban J connectivity index is 2.46. The first kappa shape index (κ1) is 11.2. The molecular formula is C12H16O4. The van der Waals surface area contributed by atoms with Crippen molar-refractivity contribution in [1.82, 2.24) is 0 Å². The van der Waals surface area contributed by atoms with Crippen LogP contribution in [0, 0.1) is 0 Å². The van der Waals surface area contributed by atoms with Crippen molar-refractivity contribution in [3.63, 3.8) is 0 Å². The Morgan fingerprint density at radius 1 is 1.12 bits per heavy atom. The zero-order valence-corrected chi connectivity index (χ0v) is 9.78. The lowest BCUT2D eigenvalue weighted by Crippen LogP contribution is -2.18. The van der Waals surface area contributed by atoms with Crippen LogP contribution in [-0.2, 0) is 15.9 Å². The Labute approximate surface area is 95.1 Å². The Hall–Kier alpha value is -1.26. The van der Waals surface area contributed by atoms with Gasteiger partial charge in [-0.25, -0.2) is 0 Å². The molecule has 1 aliphatic rings. The van der Waals surface area contributed by atoms with Gasteiger partial charge in [0.2, 0.25) is 0 Å². The summed E-state index contributed by atoms with van der Waals surface area (Å²) in [6, 6.07) is 3.91. The van der Waals surface area contributed by atoms with E-state index in [2.05, 4.69) is 0 Å². The third kappa shape index (κ3) is 1.86. The second kappa shape index (κ2) is 4.72.